The molecular weight excluding hydrogens is 248 g/mol. The first-order valence-corrected chi connectivity index (χ1v) is 7.33. The van der Waals surface area contributed by atoms with Crippen LogP contribution in [0.25, 0.3) is 0 Å². The van der Waals surface area contributed by atoms with Gasteiger partial charge in [-0.05, 0) is 52.5 Å². The summed E-state index contributed by atoms with van der Waals surface area (Å²) in [6.07, 6.45) is 12.7. The molecule has 0 aromatic carbocycles. The molecule has 1 atom stereocenters. The number of hydrogen-bond donors (Lipinski definition) is 0. The van der Waals surface area contributed by atoms with Gasteiger partial charge in [0.15, 0.2) is 0 Å². The first kappa shape index (κ1) is 16.5. The van der Waals surface area contributed by atoms with Crippen molar-refractivity contribution >= 4 is 5.97 Å². The van der Waals surface area contributed by atoms with Crippen molar-refractivity contribution in [2.24, 2.45) is 0 Å². The Morgan fingerprint density at radius 1 is 1.15 bits per heavy atom. The van der Waals surface area contributed by atoms with E-state index >= 15 is 0 Å². The Morgan fingerprint density at radius 3 is 2.40 bits per heavy atom. The molecule has 1 unspecified atom stereocenters. The summed E-state index contributed by atoms with van der Waals surface area (Å²) in [5, 5.41) is 0. The van der Waals surface area contributed by atoms with Gasteiger partial charge in [0.05, 0.1) is 0 Å². The van der Waals surface area contributed by atoms with Crippen LogP contribution in [-0.4, -0.2) is 12.1 Å². The van der Waals surface area contributed by atoms with Crippen molar-refractivity contribution in [3.8, 4) is 0 Å². The van der Waals surface area contributed by atoms with Crippen molar-refractivity contribution in [1.29, 1.82) is 0 Å². The van der Waals surface area contributed by atoms with Crippen LogP contribution in [0.5, 0.6) is 0 Å². The minimum atomic E-state index is -0.352. The van der Waals surface area contributed by atoms with Gasteiger partial charge in [-0.1, -0.05) is 35.5 Å². The lowest BCUT2D eigenvalue weighted by atomic mass is 10.0. The molecule has 2 nitrogen and oxygen atoms in total. The summed E-state index contributed by atoms with van der Waals surface area (Å²) in [5.74, 6) is -0.352. The van der Waals surface area contributed by atoms with Gasteiger partial charge in [-0.25, -0.2) is 4.79 Å². The van der Waals surface area contributed by atoms with Gasteiger partial charge in [-0.2, -0.15) is 0 Å². The molecule has 110 valence electrons. The molecule has 2 heteroatoms. The molecule has 0 amide bonds. The summed E-state index contributed by atoms with van der Waals surface area (Å²) in [5.41, 5.74) is 3.99. The first-order valence-electron chi connectivity index (χ1n) is 7.33. The van der Waals surface area contributed by atoms with Crippen LogP contribution in [0, 0.1) is 0 Å². The van der Waals surface area contributed by atoms with E-state index in [1.165, 1.54) is 22.8 Å². The predicted octanol–water partition coefficient (Wildman–Crippen LogP) is 4.89. The van der Waals surface area contributed by atoms with Crippen molar-refractivity contribution in [1.82, 2.24) is 0 Å². The standard InChI is InChI=1S/C18H26O2/c1-5-18(19)20-17-12-15(3)10-6-8-14(2)9-7-11-16(4)13-17/h5,8,11-12,17H,1,6-7,9-10,13H2,2-4H3. The first-order chi connectivity index (χ1) is 9.51. The number of allylic oxidation sites excluding steroid dienone is 4. The number of ether oxygens (including phenoxy) is 1. The zero-order chi connectivity index (χ0) is 15.0. The van der Waals surface area contributed by atoms with Crippen LogP contribution in [0.2, 0.25) is 0 Å². The van der Waals surface area contributed by atoms with Crippen LogP contribution in [-0.2, 0) is 9.53 Å². The maximum Gasteiger partial charge on any atom is 0.330 e. The fourth-order valence-corrected chi connectivity index (χ4v) is 2.33. The molecule has 0 N–H and O–H groups in total. The lowest BCUT2D eigenvalue weighted by Gasteiger charge is -2.16. The maximum absolute atomic E-state index is 11.4. The van der Waals surface area contributed by atoms with E-state index in [0.717, 1.165) is 32.1 Å². The Bertz CT molecular complexity index is 438. The van der Waals surface area contributed by atoms with E-state index in [-0.39, 0.29) is 12.1 Å². The molecule has 0 heterocycles. The summed E-state index contributed by atoms with van der Waals surface area (Å²) in [6, 6.07) is 0. The normalized spacial score (nSPS) is 21.6. The van der Waals surface area contributed by atoms with Crippen molar-refractivity contribution < 1.29 is 9.53 Å². The second-order valence-corrected chi connectivity index (χ2v) is 5.57. The number of rotatable bonds is 2. The molecule has 0 bridgehead atoms. The smallest absolute Gasteiger partial charge is 0.330 e. The summed E-state index contributed by atoms with van der Waals surface area (Å²) in [7, 11) is 0. The van der Waals surface area contributed by atoms with E-state index in [2.05, 4.69) is 45.6 Å². The third kappa shape index (κ3) is 6.55. The highest BCUT2D eigenvalue weighted by Gasteiger charge is 2.11. The van der Waals surface area contributed by atoms with Crippen LogP contribution < -0.4 is 0 Å². The Labute approximate surface area is 122 Å². The molecule has 1 aliphatic carbocycles. The molecule has 1 aliphatic rings. The Morgan fingerprint density at radius 2 is 1.75 bits per heavy atom. The molecule has 0 aromatic rings. The second-order valence-electron chi connectivity index (χ2n) is 5.57. The Hall–Kier alpha value is -1.57. The summed E-state index contributed by atoms with van der Waals surface area (Å²) >= 11 is 0. The van der Waals surface area contributed by atoms with Crippen molar-refractivity contribution in [3.05, 3.63) is 47.6 Å². The molecular formula is C18H26O2. The van der Waals surface area contributed by atoms with E-state index < -0.39 is 0 Å². The third-order valence-electron chi connectivity index (χ3n) is 3.49. The average Bonchev–Trinajstić information content (AvgIpc) is 2.37. The van der Waals surface area contributed by atoms with Crippen LogP contribution in [0.1, 0.15) is 52.9 Å². The fraction of sp³-hybridized carbons (Fsp3) is 0.500. The minimum Gasteiger partial charge on any atom is -0.455 e. The van der Waals surface area contributed by atoms with Gasteiger partial charge in [0, 0.05) is 12.5 Å². The summed E-state index contributed by atoms with van der Waals surface area (Å²) < 4.78 is 5.42. The van der Waals surface area contributed by atoms with Gasteiger partial charge in [-0.3, -0.25) is 0 Å². The highest BCUT2D eigenvalue weighted by molar-refractivity contribution is 5.81. The van der Waals surface area contributed by atoms with Gasteiger partial charge in [0.2, 0.25) is 0 Å². The minimum absolute atomic E-state index is 0.179. The van der Waals surface area contributed by atoms with Gasteiger partial charge in [-0.15, -0.1) is 0 Å². The number of carbonyl (C=O) groups excluding carboxylic acids is 1. The molecule has 0 radical (unpaired) electrons. The number of hydrogen-bond acceptors (Lipinski definition) is 2. The monoisotopic (exact) mass is 274 g/mol. The van der Waals surface area contributed by atoms with E-state index in [1.807, 2.05) is 0 Å². The molecule has 0 spiro atoms. The quantitative estimate of drug-likeness (QED) is 0.407. The van der Waals surface area contributed by atoms with E-state index in [4.69, 9.17) is 4.74 Å². The number of esters is 1. The van der Waals surface area contributed by atoms with Crippen molar-refractivity contribution in [3.63, 3.8) is 0 Å². The van der Waals surface area contributed by atoms with E-state index in [0.29, 0.717) is 0 Å². The van der Waals surface area contributed by atoms with Crippen molar-refractivity contribution in [2.45, 2.75) is 59.0 Å². The third-order valence-corrected chi connectivity index (χ3v) is 3.49. The zero-order valence-corrected chi connectivity index (χ0v) is 12.9. The Kier molecular flexibility index (Phi) is 7.06. The highest BCUT2D eigenvalue weighted by Crippen LogP contribution is 2.18. The molecule has 0 aromatic heterocycles. The van der Waals surface area contributed by atoms with Gasteiger partial charge >= 0.3 is 5.97 Å². The lowest BCUT2D eigenvalue weighted by Crippen LogP contribution is -2.15. The highest BCUT2D eigenvalue weighted by atomic mass is 16.5. The van der Waals surface area contributed by atoms with Gasteiger partial charge in [0.25, 0.3) is 0 Å². The molecule has 0 aliphatic heterocycles. The molecule has 0 fully saturated rings. The molecule has 0 saturated carbocycles. The average molecular weight is 274 g/mol. The van der Waals surface area contributed by atoms with Gasteiger partial charge in [0.1, 0.15) is 6.10 Å². The maximum atomic E-state index is 11.4. The molecule has 20 heavy (non-hydrogen) atoms. The fourth-order valence-electron chi connectivity index (χ4n) is 2.33. The summed E-state index contributed by atoms with van der Waals surface area (Å²) in [4.78, 5) is 11.4. The number of carbonyl (C=O) groups is 1. The topological polar surface area (TPSA) is 26.3 Å². The predicted molar refractivity (Wildman–Crippen MR) is 84.4 cm³/mol. The van der Waals surface area contributed by atoms with E-state index in [1.54, 1.807) is 0 Å². The largest absolute Gasteiger partial charge is 0.455 e. The Balaban J connectivity index is 2.86. The molecule has 0 saturated heterocycles. The van der Waals surface area contributed by atoms with E-state index in [9.17, 15) is 4.79 Å². The van der Waals surface area contributed by atoms with Crippen LogP contribution >= 0.6 is 0 Å². The van der Waals surface area contributed by atoms with Crippen molar-refractivity contribution in [2.75, 3.05) is 0 Å². The second kappa shape index (κ2) is 8.57. The van der Waals surface area contributed by atoms with Crippen LogP contribution in [0.15, 0.2) is 47.6 Å². The summed E-state index contributed by atoms with van der Waals surface area (Å²) in [6.45, 7) is 9.85. The van der Waals surface area contributed by atoms with Gasteiger partial charge < -0.3 is 4.74 Å². The van der Waals surface area contributed by atoms with Crippen LogP contribution in [0.3, 0.4) is 0 Å². The SMILES string of the molecule is C=CC(=O)OC1C=C(C)CCC=C(C)CCC=C(C)C1. The zero-order valence-electron chi connectivity index (χ0n) is 12.9. The van der Waals surface area contributed by atoms with Crippen LogP contribution in [0.4, 0.5) is 0 Å². The molecule has 1 rings (SSSR count). The lowest BCUT2D eigenvalue weighted by molar-refractivity contribution is -0.140.